The minimum absolute atomic E-state index is 0.362. The van der Waals surface area contributed by atoms with Crippen molar-refractivity contribution in [3.05, 3.63) is 187 Å². The van der Waals surface area contributed by atoms with E-state index in [0.717, 1.165) is 6.42 Å². The van der Waals surface area contributed by atoms with E-state index < -0.39 is 0 Å². The molecule has 0 nitrogen and oxygen atoms in total. The van der Waals surface area contributed by atoms with Gasteiger partial charge in [-0.2, -0.15) is 0 Å². The Hall–Kier alpha value is -5.72. The van der Waals surface area contributed by atoms with Crippen LogP contribution in [0, 0.1) is 5.92 Å². The Bertz CT molecular complexity index is 2690. The van der Waals surface area contributed by atoms with Crippen molar-refractivity contribution in [1.82, 2.24) is 0 Å². The molecule has 1 fully saturated rings. The van der Waals surface area contributed by atoms with Crippen LogP contribution in [0.25, 0.3) is 70.9 Å². The fourth-order valence-electron chi connectivity index (χ4n) is 10.1. The lowest BCUT2D eigenvalue weighted by atomic mass is 9.77. The summed E-state index contributed by atoms with van der Waals surface area (Å²) in [4.78, 5) is 0. The minimum atomic E-state index is 0.362. The van der Waals surface area contributed by atoms with Crippen LogP contribution in [-0.2, 0) is 0 Å². The van der Waals surface area contributed by atoms with Gasteiger partial charge in [0.05, 0.1) is 0 Å². The third-order valence-electron chi connectivity index (χ3n) is 12.7. The van der Waals surface area contributed by atoms with E-state index in [1.165, 1.54) is 120 Å². The molecule has 0 heterocycles. The minimum Gasteiger partial charge on any atom is -0.0758 e. The molecule has 8 aromatic rings. The number of benzene rings is 8. The van der Waals surface area contributed by atoms with Gasteiger partial charge in [-0.25, -0.2) is 0 Å². The summed E-state index contributed by atoms with van der Waals surface area (Å²) in [7, 11) is 0. The molecule has 2 aliphatic carbocycles. The molecule has 0 amide bonds. The number of hydrogen-bond donors (Lipinski definition) is 0. The van der Waals surface area contributed by atoms with Crippen LogP contribution in [0.3, 0.4) is 0 Å². The highest BCUT2D eigenvalue weighted by Gasteiger charge is 2.25. The molecule has 0 N–H and O–H groups in total. The molecule has 0 aromatic heterocycles. The van der Waals surface area contributed by atoms with E-state index in [1.54, 1.807) is 0 Å². The molecule has 0 saturated heterocycles. The van der Waals surface area contributed by atoms with Crippen molar-refractivity contribution in [2.24, 2.45) is 5.92 Å². The Morgan fingerprint density at radius 2 is 1.06 bits per heavy atom. The smallest absolute Gasteiger partial charge is 0.00905 e. The highest BCUT2D eigenvalue weighted by atomic mass is 14.3. The summed E-state index contributed by atoms with van der Waals surface area (Å²) in [5.41, 5.74) is 10.8. The Morgan fingerprint density at radius 1 is 0.481 bits per heavy atom. The Labute approximate surface area is 319 Å². The van der Waals surface area contributed by atoms with Gasteiger partial charge in [-0.3, -0.25) is 0 Å². The molecule has 1 saturated carbocycles. The van der Waals surface area contributed by atoms with Crippen molar-refractivity contribution in [3.8, 4) is 22.3 Å². The normalized spacial score (nSPS) is 17.8. The van der Waals surface area contributed by atoms with Crippen molar-refractivity contribution in [1.29, 1.82) is 0 Å². The number of hydrogen-bond acceptors (Lipinski definition) is 0. The number of rotatable bonds is 6. The summed E-state index contributed by atoms with van der Waals surface area (Å²) >= 11 is 0. The van der Waals surface area contributed by atoms with Crippen LogP contribution < -0.4 is 0 Å². The van der Waals surface area contributed by atoms with Gasteiger partial charge in [0.25, 0.3) is 0 Å². The van der Waals surface area contributed by atoms with E-state index in [2.05, 4.69) is 177 Å². The van der Waals surface area contributed by atoms with Gasteiger partial charge in [0.15, 0.2) is 0 Å². The fourth-order valence-corrected chi connectivity index (χ4v) is 10.1. The molecule has 10 rings (SSSR count). The van der Waals surface area contributed by atoms with Crippen LogP contribution >= 0.6 is 0 Å². The van der Waals surface area contributed by atoms with Crippen molar-refractivity contribution in [2.75, 3.05) is 0 Å². The van der Waals surface area contributed by atoms with E-state index in [9.17, 15) is 0 Å². The molecule has 2 atom stereocenters. The van der Waals surface area contributed by atoms with Gasteiger partial charge in [-0.15, -0.1) is 0 Å². The first-order chi connectivity index (χ1) is 26.8. The van der Waals surface area contributed by atoms with Gasteiger partial charge < -0.3 is 0 Å². The summed E-state index contributed by atoms with van der Waals surface area (Å²) in [6, 6.07) is 57.2. The topological polar surface area (TPSA) is 0 Å². The quantitative estimate of drug-likeness (QED) is 0.152. The lowest BCUT2D eigenvalue weighted by Gasteiger charge is -2.27. The maximum atomic E-state index is 2.53. The predicted octanol–water partition coefficient (Wildman–Crippen LogP) is 15.4. The lowest BCUT2D eigenvalue weighted by Crippen LogP contribution is -2.12. The van der Waals surface area contributed by atoms with Gasteiger partial charge in [-0.05, 0) is 125 Å². The second kappa shape index (κ2) is 13.9. The molecule has 54 heavy (non-hydrogen) atoms. The van der Waals surface area contributed by atoms with Crippen LogP contribution in [0.15, 0.2) is 170 Å². The highest BCUT2D eigenvalue weighted by molar-refractivity contribution is 6.23. The van der Waals surface area contributed by atoms with Gasteiger partial charge >= 0.3 is 0 Å². The third-order valence-corrected chi connectivity index (χ3v) is 12.7. The second-order valence-electron chi connectivity index (χ2n) is 15.7. The lowest BCUT2D eigenvalue weighted by molar-refractivity contribution is 0.445. The molecule has 0 heteroatoms. The summed E-state index contributed by atoms with van der Waals surface area (Å²) in [5.74, 6) is 1.45. The summed E-state index contributed by atoms with van der Waals surface area (Å²) in [6.45, 7) is 2.33. The number of allylic oxidation sites excluding steroid dienone is 4. The molecular formula is C54H46. The molecule has 2 aliphatic rings. The van der Waals surface area contributed by atoms with Gasteiger partial charge in [0.1, 0.15) is 0 Å². The monoisotopic (exact) mass is 694 g/mol. The van der Waals surface area contributed by atoms with E-state index in [4.69, 9.17) is 0 Å². The van der Waals surface area contributed by atoms with E-state index >= 15 is 0 Å². The SMILES string of the molecule is CCC1C=C(c2cccc(-c3c4ccccc4c(-c4cccc5c(C6CCCCC6)cccc45)c4ccccc34)c2)C=CC1c1cccc2ccccc12. The molecule has 0 spiro atoms. The zero-order valence-electron chi connectivity index (χ0n) is 31.1. The Kier molecular flexibility index (Phi) is 8.48. The zero-order valence-corrected chi connectivity index (χ0v) is 31.1. The average molecular weight is 695 g/mol. The van der Waals surface area contributed by atoms with E-state index in [1.807, 2.05) is 0 Å². The molecule has 8 aromatic carbocycles. The van der Waals surface area contributed by atoms with Crippen molar-refractivity contribution in [3.63, 3.8) is 0 Å². The third kappa shape index (κ3) is 5.59. The summed E-state index contributed by atoms with van der Waals surface area (Å²) in [6.07, 6.45) is 15.1. The predicted molar refractivity (Wildman–Crippen MR) is 233 cm³/mol. The maximum Gasteiger partial charge on any atom is 0.00905 e. The van der Waals surface area contributed by atoms with Crippen molar-refractivity contribution >= 4 is 48.7 Å². The molecule has 0 aliphatic heterocycles. The maximum absolute atomic E-state index is 2.53. The van der Waals surface area contributed by atoms with Crippen LogP contribution in [0.4, 0.5) is 0 Å². The van der Waals surface area contributed by atoms with Gasteiger partial charge in [-0.1, -0.05) is 190 Å². The summed E-state index contributed by atoms with van der Waals surface area (Å²) < 4.78 is 0. The molecule has 262 valence electrons. The Morgan fingerprint density at radius 3 is 1.81 bits per heavy atom. The zero-order chi connectivity index (χ0) is 36.0. The van der Waals surface area contributed by atoms with Crippen LogP contribution in [0.1, 0.15) is 74.0 Å². The highest BCUT2D eigenvalue weighted by Crippen LogP contribution is 2.47. The van der Waals surface area contributed by atoms with Crippen molar-refractivity contribution in [2.45, 2.75) is 57.3 Å². The first kappa shape index (κ1) is 32.9. The molecule has 0 bridgehead atoms. The molecule has 2 unspecified atom stereocenters. The first-order valence-corrected chi connectivity index (χ1v) is 20.2. The van der Waals surface area contributed by atoms with Gasteiger partial charge in [0.2, 0.25) is 0 Å². The average Bonchev–Trinajstić information content (AvgIpc) is 3.25. The number of fused-ring (bicyclic) bond motifs is 4. The Balaban J connectivity index is 1.10. The molecular weight excluding hydrogens is 649 g/mol. The standard InChI is InChI=1S/C54H46/c1-2-36-34-40(32-33-44(36)45-28-13-19-38-18-6-7-22-42(38)45)39-20-12-21-41(35-39)53-49-23-8-10-25-51(49)54(52-26-11-9-24-50(52)53)48-31-15-29-46-43(27-14-30-47(46)48)37-16-4-3-5-17-37/h6-15,18-37,44H,2-5,16-17H2,1H3. The van der Waals surface area contributed by atoms with Crippen LogP contribution in [-0.4, -0.2) is 0 Å². The summed E-state index contributed by atoms with van der Waals surface area (Å²) in [5, 5.41) is 10.7. The second-order valence-corrected chi connectivity index (χ2v) is 15.7. The fraction of sp³-hybridized carbons (Fsp3) is 0.185. The largest absolute Gasteiger partial charge is 0.0758 e. The van der Waals surface area contributed by atoms with Crippen molar-refractivity contribution < 1.29 is 0 Å². The van der Waals surface area contributed by atoms with Crippen LogP contribution in [0.2, 0.25) is 0 Å². The van der Waals surface area contributed by atoms with E-state index in [-0.39, 0.29) is 0 Å². The first-order valence-electron chi connectivity index (χ1n) is 20.2. The van der Waals surface area contributed by atoms with Crippen LogP contribution in [0.5, 0.6) is 0 Å². The van der Waals surface area contributed by atoms with Gasteiger partial charge in [0, 0.05) is 5.92 Å². The van der Waals surface area contributed by atoms with E-state index in [0.29, 0.717) is 17.8 Å². The molecule has 0 radical (unpaired) electrons.